The summed E-state index contributed by atoms with van der Waals surface area (Å²) in [6, 6.07) is 12.8. The van der Waals surface area contributed by atoms with E-state index in [-0.39, 0.29) is 18.9 Å². The number of ether oxygens (including phenoxy) is 2. The topological polar surface area (TPSA) is 84.9 Å². The van der Waals surface area contributed by atoms with E-state index in [2.05, 4.69) is 5.32 Å². The highest BCUT2D eigenvalue weighted by atomic mass is 32.2. The lowest BCUT2D eigenvalue weighted by molar-refractivity contribution is -0.121. The zero-order valence-electron chi connectivity index (χ0n) is 18.7. The fourth-order valence-electron chi connectivity index (χ4n) is 3.00. The van der Waals surface area contributed by atoms with E-state index in [9.17, 15) is 13.2 Å². The van der Waals surface area contributed by atoms with Gasteiger partial charge >= 0.3 is 0 Å². The minimum atomic E-state index is -3.46. The summed E-state index contributed by atoms with van der Waals surface area (Å²) in [4.78, 5) is 12.1. The molecule has 0 aliphatic heterocycles. The molecule has 0 saturated carbocycles. The van der Waals surface area contributed by atoms with Gasteiger partial charge in [-0.15, -0.1) is 0 Å². The van der Waals surface area contributed by atoms with Crippen LogP contribution in [-0.2, 0) is 14.8 Å². The number of nitrogens with one attached hydrogen (secondary N) is 1. The van der Waals surface area contributed by atoms with Crippen molar-refractivity contribution >= 4 is 21.6 Å². The fraction of sp³-hybridized carbons (Fsp3) is 0.435. The Morgan fingerprint density at radius 2 is 1.68 bits per heavy atom. The molecule has 0 radical (unpaired) electrons. The van der Waals surface area contributed by atoms with Crippen molar-refractivity contribution in [3.8, 4) is 11.5 Å². The number of carbonyl (C=O) groups excluding carboxylic acids is 1. The van der Waals surface area contributed by atoms with Gasteiger partial charge in [0.1, 0.15) is 18.1 Å². The second-order valence-electron chi connectivity index (χ2n) is 7.31. The van der Waals surface area contributed by atoms with Crippen LogP contribution in [0.4, 0.5) is 5.69 Å². The van der Waals surface area contributed by atoms with E-state index in [0.717, 1.165) is 17.6 Å². The Labute approximate surface area is 185 Å². The van der Waals surface area contributed by atoms with Gasteiger partial charge in [0.2, 0.25) is 15.9 Å². The van der Waals surface area contributed by atoms with Gasteiger partial charge < -0.3 is 14.8 Å². The molecule has 170 valence electrons. The number of carbonyl (C=O) groups is 1. The van der Waals surface area contributed by atoms with Gasteiger partial charge in [-0.1, -0.05) is 6.07 Å². The van der Waals surface area contributed by atoms with Gasteiger partial charge in [-0.2, -0.15) is 0 Å². The molecule has 0 spiro atoms. The maximum absolute atomic E-state index is 12.2. The first kappa shape index (κ1) is 24.5. The summed E-state index contributed by atoms with van der Waals surface area (Å²) >= 11 is 0. The lowest BCUT2D eigenvalue weighted by Crippen LogP contribution is -2.32. The van der Waals surface area contributed by atoms with Gasteiger partial charge in [-0.05, 0) is 74.7 Å². The van der Waals surface area contributed by atoms with E-state index in [4.69, 9.17) is 9.47 Å². The van der Waals surface area contributed by atoms with Crippen molar-refractivity contribution in [2.45, 2.75) is 33.6 Å². The first-order chi connectivity index (χ1) is 14.7. The third-order valence-electron chi connectivity index (χ3n) is 4.77. The average molecular weight is 449 g/mol. The van der Waals surface area contributed by atoms with Gasteiger partial charge in [0, 0.05) is 13.0 Å². The predicted octanol–water partition coefficient (Wildman–Crippen LogP) is 3.44. The molecule has 31 heavy (non-hydrogen) atoms. The molecule has 0 heterocycles. The number of benzene rings is 2. The quantitative estimate of drug-likeness (QED) is 0.503. The van der Waals surface area contributed by atoms with Crippen molar-refractivity contribution in [2.24, 2.45) is 0 Å². The monoisotopic (exact) mass is 448 g/mol. The van der Waals surface area contributed by atoms with Crippen LogP contribution in [0.1, 0.15) is 30.9 Å². The smallest absolute Gasteiger partial charge is 0.232 e. The molecule has 7 nitrogen and oxygen atoms in total. The van der Waals surface area contributed by atoms with Crippen LogP contribution in [0.15, 0.2) is 42.5 Å². The molecule has 2 aromatic carbocycles. The third kappa shape index (κ3) is 8.13. The van der Waals surface area contributed by atoms with E-state index in [1.807, 2.05) is 39.0 Å². The van der Waals surface area contributed by atoms with Gasteiger partial charge in [0.15, 0.2) is 0 Å². The van der Waals surface area contributed by atoms with Crippen molar-refractivity contribution in [1.82, 2.24) is 5.32 Å². The lowest BCUT2D eigenvalue weighted by atomic mass is 10.1. The summed E-state index contributed by atoms with van der Waals surface area (Å²) in [6.45, 7) is 7.48. The lowest BCUT2D eigenvalue weighted by Gasteiger charge is -2.22. The zero-order valence-corrected chi connectivity index (χ0v) is 19.5. The summed E-state index contributed by atoms with van der Waals surface area (Å²) in [7, 11) is -3.46. The molecule has 0 aliphatic carbocycles. The van der Waals surface area contributed by atoms with E-state index in [1.165, 1.54) is 9.87 Å². The van der Waals surface area contributed by atoms with Crippen molar-refractivity contribution in [3.63, 3.8) is 0 Å². The Bertz CT molecular complexity index is 958. The highest BCUT2D eigenvalue weighted by Gasteiger charge is 2.17. The summed E-state index contributed by atoms with van der Waals surface area (Å²) in [5.41, 5.74) is 2.91. The standard InChI is InChI=1S/C23H32N2O5S/c1-5-29-21-12-9-20(10-13-21)25(31(4,27)28)15-6-7-23(26)24-14-16-30-22-11-8-18(2)19(3)17-22/h8-13,17H,5-7,14-16H2,1-4H3,(H,24,26). The van der Waals surface area contributed by atoms with Crippen LogP contribution in [0.3, 0.4) is 0 Å². The normalized spacial score (nSPS) is 11.1. The van der Waals surface area contributed by atoms with E-state index < -0.39 is 10.0 Å². The molecule has 0 saturated heterocycles. The molecule has 0 aliphatic rings. The van der Waals surface area contributed by atoms with E-state index in [0.29, 0.717) is 37.6 Å². The van der Waals surface area contributed by atoms with Crippen LogP contribution in [0.2, 0.25) is 0 Å². The van der Waals surface area contributed by atoms with E-state index >= 15 is 0 Å². The fourth-order valence-corrected chi connectivity index (χ4v) is 3.96. The zero-order chi connectivity index (χ0) is 22.9. The van der Waals surface area contributed by atoms with Gasteiger partial charge in [0.25, 0.3) is 0 Å². The van der Waals surface area contributed by atoms with Crippen LogP contribution >= 0.6 is 0 Å². The van der Waals surface area contributed by atoms with Crippen molar-refractivity contribution < 1.29 is 22.7 Å². The molecule has 0 atom stereocenters. The van der Waals surface area contributed by atoms with Gasteiger partial charge in [0.05, 0.1) is 25.1 Å². The molecular formula is C23H32N2O5S. The Morgan fingerprint density at radius 3 is 2.29 bits per heavy atom. The number of hydrogen-bond acceptors (Lipinski definition) is 5. The third-order valence-corrected chi connectivity index (χ3v) is 5.97. The SMILES string of the molecule is CCOc1ccc(N(CCCC(=O)NCCOc2ccc(C)c(C)c2)S(C)(=O)=O)cc1. The van der Waals surface area contributed by atoms with Crippen LogP contribution in [-0.4, -0.2) is 46.9 Å². The molecule has 0 bridgehead atoms. The molecule has 1 N–H and O–H groups in total. The Hall–Kier alpha value is -2.74. The maximum Gasteiger partial charge on any atom is 0.232 e. The summed E-state index contributed by atoms with van der Waals surface area (Å²) in [6.07, 6.45) is 1.80. The average Bonchev–Trinajstić information content (AvgIpc) is 2.71. The molecule has 0 aromatic heterocycles. The predicted molar refractivity (Wildman–Crippen MR) is 123 cm³/mol. The summed E-state index contributed by atoms with van der Waals surface area (Å²) in [5.74, 6) is 1.32. The molecule has 0 unspecified atom stereocenters. The highest BCUT2D eigenvalue weighted by Crippen LogP contribution is 2.22. The molecule has 2 aromatic rings. The molecule has 8 heteroatoms. The number of hydrogen-bond donors (Lipinski definition) is 1. The van der Waals surface area contributed by atoms with Crippen LogP contribution < -0.4 is 19.1 Å². The number of amides is 1. The maximum atomic E-state index is 12.2. The van der Waals surface area contributed by atoms with E-state index in [1.54, 1.807) is 24.3 Å². The summed E-state index contributed by atoms with van der Waals surface area (Å²) < 4.78 is 36.7. The summed E-state index contributed by atoms with van der Waals surface area (Å²) in [5, 5.41) is 2.80. The van der Waals surface area contributed by atoms with Crippen molar-refractivity contribution in [1.29, 1.82) is 0 Å². The van der Waals surface area contributed by atoms with Gasteiger partial charge in [-0.25, -0.2) is 8.42 Å². The number of anilines is 1. The van der Waals surface area contributed by atoms with Gasteiger partial charge in [-0.3, -0.25) is 9.10 Å². The number of sulfonamides is 1. The van der Waals surface area contributed by atoms with Crippen LogP contribution in [0.5, 0.6) is 11.5 Å². The molecule has 0 fully saturated rings. The largest absolute Gasteiger partial charge is 0.494 e. The second-order valence-corrected chi connectivity index (χ2v) is 9.22. The number of rotatable bonds is 12. The number of nitrogens with zero attached hydrogens (tertiary/aromatic N) is 1. The van der Waals surface area contributed by atoms with Crippen LogP contribution in [0, 0.1) is 13.8 Å². The first-order valence-corrected chi connectivity index (χ1v) is 12.2. The first-order valence-electron chi connectivity index (χ1n) is 10.4. The molecule has 1 amide bonds. The Morgan fingerprint density at radius 1 is 1.00 bits per heavy atom. The molecular weight excluding hydrogens is 416 g/mol. The number of aryl methyl sites for hydroxylation is 2. The van der Waals surface area contributed by atoms with Crippen molar-refractivity contribution in [3.05, 3.63) is 53.6 Å². The molecule has 2 rings (SSSR count). The minimum Gasteiger partial charge on any atom is -0.494 e. The highest BCUT2D eigenvalue weighted by molar-refractivity contribution is 7.92. The van der Waals surface area contributed by atoms with Crippen molar-refractivity contribution in [2.75, 3.05) is 36.9 Å². The Kier molecular flexibility index (Phi) is 9.18. The minimum absolute atomic E-state index is 0.135. The van der Waals surface area contributed by atoms with Crippen LogP contribution in [0.25, 0.3) is 0 Å². The Balaban J connectivity index is 1.77. The second kappa shape index (κ2) is 11.6.